The largest absolute Gasteiger partial charge is 2.00 e. The van der Waals surface area contributed by atoms with Crippen LogP contribution in [0, 0.1) is 36.5 Å². The summed E-state index contributed by atoms with van der Waals surface area (Å²) in [6.07, 6.45) is 0. The second-order valence-corrected chi connectivity index (χ2v) is 4.77. The van der Waals surface area contributed by atoms with Crippen LogP contribution >= 0.6 is 0 Å². The average Bonchev–Trinajstić information content (AvgIpc) is 3.22. The normalized spacial score (nSPS) is 8.87. The maximum Gasteiger partial charge on any atom is 2.00 e. The maximum absolute atomic E-state index is 9.21. The van der Waals surface area contributed by atoms with E-state index in [4.69, 9.17) is 0 Å². The van der Waals surface area contributed by atoms with Crippen LogP contribution in [0.1, 0.15) is 22.5 Å². The Hall–Kier alpha value is -2.65. The molecule has 0 radical (unpaired) electrons. The van der Waals surface area contributed by atoms with Gasteiger partial charge in [0.2, 0.25) is 0 Å². The molecule has 0 amide bonds. The van der Waals surface area contributed by atoms with Gasteiger partial charge in [0.05, 0.1) is 12.1 Å². The zero-order valence-electron chi connectivity index (χ0n) is 12.9. The first-order valence-corrected chi connectivity index (χ1v) is 6.89. The van der Waals surface area contributed by atoms with E-state index < -0.39 is 0 Å². The minimum atomic E-state index is 0. The minimum Gasteiger partial charge on any atom is -0.272 e. The predicted molar refractivity (Wildman–Crippen MR) is 86.2 cm³/mol. The fourth-order valence-corrected chi connectivity index (χ4v) is 2.27. The molecule has 114 valence electrons. The molecule has 0 spiro atoms. The Morgan fingerprint density at radius 1 is 0.913 bits per heavy atom. The molecule has 0 fully saturated rings. The molecule has 0 atom stereocenters. The van der Waals surface area contributed by atoms with Crippen molar-refractivity contribution in [3.05, 3.63) is 77.1 Å². The van der Waals surface area contributed by atoms with Crippen LogP contribution < -0.4 is 0 Å². The SMILES string of the molecule is Cc1nc(C)c(C#N)c(-[c-]2cccc2)c1C#N.[Fe+2].c1cc[cH-]c1. The van der Waals surface area contributed by atoms with Crippen molar-refractivity contribution >= 4 is 0 Å². The second kappa shape index (κ2) is 8.71. The summed E-state index contributed by atoms with van der Waals surface area (Å²) >= 11 is 0. The van der Waals surface area contributed by atoms with Crippen molar-refractivity contribution in [1.82, 2.24) is 4.98 Å². The van der Waals surface area contributed by atoms with E-state index in [1.54, 1.807) is 13.8 Å². The van der Waals surface area contributed by atoms with E-state index in [-0.39, 0.29) is 17.1 Å². The number of hydrogen-bond acceptors (Lipinski definition) is 3. The molecule has 23 heavy (non-hydrogen) atoms. The van der Waals surface area contributed by atoms with Gasteiger partial charge in [0.1, 0.15) is 0 Å². The average molecular weight is 341 g/mol. The Labute approximate surface area is 147 Å². The fraction of sp³-hybridized carbons (Fsp3) is 0.105. The first-order chi connectivity index (χ1) is 10.7. The van der Waals surface area contributed by atoms with Gasteiger partial charge >= 0.3 is 17.1 Å². The molecule has 0 N–H and O–H groups in total. The molecular weight excluding hydrogens is 326 g/mol. The molecule has 3 nitrogen and oxygen atoms in total. The van der Waals surface area contributed by atoms with Crippen LogP contribution in [0.2, 0.25) is 0 Å². The monoisotopic (exact) mass is 341 g/mol. The Morgan fingerprint density at radius 2 is 1.39 bits per heavy atom. The topological polar surface area (TPSA) is 60.5 Å². The number of nitriles is 2. The van der Waals surface area contributed by atoms with E-state index in [1.807, 2.05) is 54.6 Å². The minimum absolute atomic E-state index is 0. The van der Waals surface area contributed by atoms with Crippen LogP contribution in [0.25, 0.3) is 11.1 Å². The summed E-state index contributed by atoms with van der Waals surface area (Å²) < 4.78 is 0. The third-order valence-electron chi connectivity index (χ3n) is 3.29. The number of aryl methyl sites for hydroxylation is 2. The molecule has 2 aromatic carbocycles. The van der Waals surface area contributed by atoms with E-state index in [0.717, 1.165) is 5.56 Å². The maximum atomic E-state index is 9.21. The predicted octanol–water partition coefficient (Wildman–Crippen LogP) is 4.23. The fourth-order valence-electron chi connectivity index (χ4n) is 2.27. The van der Waals surface area contributed by atoms with Crippen molar-refractivity contribution in [3.8, 4) is 23.3 Å². The van der Waals surface area contributed by atoms with Crippen LogP contribution in [0.4, 0.5) is 0 Å². The molecule has 1 heterocycles. The Kier molecular flexibility index (Phi) is 6.97. The molecule has 4 heteroatoms. The van der Waals surface area contributed by atoms with Crippen molar-refractivity contribution in [2.45, 2.75) is 13.8 Å². The molecule has 0 aliphatic heterocycles. The van der Waals surface area contributed by atoms with Gasteiger partial charge in [-0.25, -0.2) is 22.7 Å². The third kappa shape index (κ3) is 4.18. The van der Waals surface area contributed by atoms with Crippen molar-refractivity contribution < 1.29 is 17.1 Å². The zero-order valence-corrected chi connectivity index (χ0v) is 14.0. The first kappa shape index (κ1) is 18.4. The summed E-state index contributed by atoms with van der Waals surface area (Å²) in [5.74, 6) is 0. The van der Waals surface area contributed by atoms with Gasteiger partial charge in [-0.2, -0.15) is 30.3 Å². The van der Waals surface area contributed by atoms with Gasteiger partial charge in [-0.3, -0.25) is 4.98 Å². The number of pyridine rings is 1. The summed E-state index contributed by atoms with van der Waals surface area (Å²) in [6.45, 7) is 3.58. The Bertz CT molecular complexity index is 762. The van der Waals surface area contributed by atoms with Gasteiger partial charge in [0, 0.05) is 22.5 Å². The van der Waals surface area contributed by atoms with Crippen molar-refractivity contribution in [3.63, 3.8) is 0 Å². The number of rotatable bonds is 1. The second-order valence-electron chi connectivity index (χ2n) is 4.77. The number of nitrogens with zero attached hydrogens (tertiary/aromatic N) is 3. The molecular formula is C19H15FeN3. The molecule has 0 unspecified atom stereocenters. The van der Waals surface area contributed by atoms with E-state index >= 15 is 0 Å². The van der Waals surface area contributed by atoms with Gasteiger partial charge in [-0.05, 0) is 13.8 Å². The molecule has 0 bridgehead atoms. The molecule has 0 aliphatic carbocycles. The summed E-state index contributed by atoms with van der Waals surface area (Å²) in [7, 11) is 0. The summed E-state index contributed by atoms with van der Waals surface area (Å²) in [5.41, 5.74) is 3.90. The van der Waals surface area contributed by atoms with Crippen LogP contribution in [0.3, 0.4) is 0 Å². The quantitative estimate of drug-likeness (QED) is 0.492. The van der Waals surface area contributed by atoms with Crippen molar-refractivity contribution in [1.29, 1.82) is 10.5 Å². The molecule has 1 aromatic heterocycles. The van der Waals surface area contributed by atoms with Crippen molar-refractivity contribution in [2.75, 3.05) is 0 Å². The van der Waals surface area contributed by atoms with E-state index in [2.05, 4.69) is 17.1 Å². The molecule has 0 saturated heterocycles. The van der Waals surface area contributed by atoms with E-state index in [0.29, 0.717) is 28.1 Å². The Morgan fingerprint density at radius 3 is 1.74 bits per heavy atom. The van der Waals surface area contributed by atoms with Gasteiger partial charge < -0.3 is 0 Å². The van der Waals surface area contributed by atoms with Gasteiger partial charge in [-0.1, -0.05) is 11.1 Å². The Balaban J connectivity index is 0.000000377. The smallest absolute Gasteiger partial charge is 0.272 e. The first-order valence-electron chi connectivity index (χ1n) is 6.89. The van der Waals surface area contributed by atoms with Crippen LogP contribution in [-0.4, -0.2) is 4.98 Å². The van der Waals surface area contributed by atoms with Crippen LogP contribution in [-0.2, 0) is 17.1 Å². The molecule has 0 saturated carbocycles. The van der Waals surface area contributed by atoms with E-state index in [9.17, 15) is 10.5 Å². The summed E-state index contributed by atoms with van der Waals surface area (Å²) in [4.78, 5) is 4.24. The molecule has 3 rings (SSSR count). The van der Waals surface area contributed by atoms with Crippen molar-refractivity contribution in [2.24, 2.45) is 0 Å². The van der Waals surface area contributed by atoms with Gasteiger partial charge in [0.25, 0.3) is 0 Å². The third-order valence-corrected chi connectivity index (χ3v) is 3.29. The molecule has 0 aliphatic rings. The zero-order chi connectivity index (χ0) is 15.9. The summed E-state index contributed by atoms with van der Waals surface area (Å²) in [6, 6.07) is 21.9. The van der Waals surface area contributed by atoms with Crippen LogP contribution in [0.15, 0.2) is 54.6 Å². The van der Waals surface area contributed by atoms with Gasteiger partial charge in [0.15, 0.2) is 0 Å². The number of aromatic nitrogens is 1. The molecule has 3 aromatic rings. The summed E-state index contributed by atoms with van der Waals surface area (Å²) in [5, 5.41) is 18.4. The van der Waals surface area contributed by atoms with Crippen LogP contribution in [0.5, 0.6) is 0 Å². The van der Waals surface area contributed by atoms with Gasteiger partial charge in [-0.15, -0.1) is 12.1 Å². The number of hydrogen-bond donors (Lipinski definition) is 0. The standard InChI is InChI=1S/C14H10N3.C5H5.Fe/c1-9-12(7-15)14(11-5-3-4-6-11)13(8-16)10(2)17-9;1-2-4-5-3-1;/h3-6H,1-2H3;1-5H;/q2*-1;+2. The van der Waals surface area contributed by atoms with E-state index in [1.165, 1.54) is 0 Å².